The first-order valence-electron chi connectivity index (χ1n) is 10.6. The molecule has 0 aliphatic heterocycles. The molecule has 0 N–H and O–H groups in total. The van der Waals surface area contributed by atoms with Gasteiger partial charge in [-0.1, -0.05) is 66.8 Å². The number of hydrogen-bond donors (Lipinski definition) is 1. The highest BCUT2D eigenvalue weighted by atomic mass is 32.2. The van der Waals surface area contributed by atoms with Crippen LogP contribution >= 0.6 is 24.4 Å². The second kappa shape index (κ2) is 7.37. The van der Waals surface area contributed by atoms with E-state index in [2.05, 4.69) is 97.6 Å². The number of benzene rings is 4. The summed E-state index contributed by atoms with van der Waals surface area (Å²) >= 11 is 6.57. The quantitative estimate of drug-likeness (QED) is 0.455. The van der Waals surface area contributed by atoms with Gasteiger partial charge in [0.2, 0.25) is 0 Å². The lowest BCUT2D eigenvalue weighted by Gasteiger charge is -2.17. The van der Waals surface area contributed by atoms with Crippen LogP contribution in [0.4, 0.5) is 0 Å². The van der Waals surface area contributed by atoms with Gasteiger partial charge in [-0.05, 0) is 79.9 Å². The molecule has 2 heteroatoms. The van der Waals surface area contributed by atoms with Crippen molar-refractivity contribution in [3.63, 3.8) is 0 Å². The molecule has 0 radical (unpaired) electrons. The molecule has 0 heterocycles. The van der Waals surface area contributed by atoms with E-state index in [0.717, 1.165) is 24.2 Å². The van der Waals surface area contributed by atoms with Crippen LogP contribution in [0.5, 0.6) is 0 Å². The van der Waals surface area contributed by atoms with Gasteiger partial charge in [0.05, 0.1) is 0 Å². The molecule has 1 unspecified atom stereocenters. The Bertz CT molecular complexity index is 1560. The Balaban J connectivity index is 1.47. The smallest absolute Gasteiger partial charge is 0.0318 e. The van der Waals surface area contributed by atoms with E-state index in [1.165, 1.54) is 47.3 Å². The normalized spacial score (nSPS) is 17.3. The van der Waals surface area contributed by atoms with E-state index < -0.39 is 0 Å². The second-order valence-corrected chi connectivity index (χ2v) is 9.94. The molecule has 0 amide bonds. The molecule has 0 spiro atoms. The van der Waals surface area contributed by atoms with Gasteiger partial charge in [-0.15, -0.1) is 24.4 Å². The number of thioether (sulfide) groups is 1. The fraction of sp³-hybridized carbons (Fsp3) is 0.143. The zero-order chi connectivity index (χ0) is 20.1. The van der Waals surface area contributed by atoms with E-state index >= 15 is 0 Å². The van der Waals surface area contributed by atoms with E-state index in [-0.39, 0.29) is 0 Å². The average molecular weight is 423 g/mol. The molecule has 4 aromatic carbocycles. The number of fused-ring (bicyclic) bond motifs is 6. The molecule has 1 atom stereocenters. The summed E-state index contributed by atoms with van der Waals surface area (Å²) in [4.78, 5) is 2.40. The van der Waals surface area contributed by atoms with Gasteiger partial charge in [0.1, 0.15) is 0 Å². The van der Waals surface area contributed by atoms with Gasteiger partial charge in [0, 0.05) is 15.0 Å². The van der Waals surface area contributed by atoms with E-state index in [1.54, 1.807) is 0 Å². The maximum atomic E-state index is 4.58. The third-order valence-electron chi connectivity index (χ3n) is 6.26. The van der Waals surface area contributed by atoms with Crippen LogP contribution in [-0.2, 0) is 0 Å². The molecule has 0 saturated carbocycles. The summed E-state index contributed by atoms with van der Waals surface area (Å²) in [6, 6.07) is 22.3. The van der Waals surface area contributed by atoms with Crippen LogP contribution in [0.2, 0.25) is 0 Å². The summed E-state index contributed by atoms with van der Waals surface area (Å²) in [5.74, 6) is 0. The molecule has 146 valence electrons. The lowest BCUT2D eigenvalue weighted by atomic mass is 10.0. The topological polar surface area (TPSA) is 0 Å². The lowest BCUT2D eigenvalue weighted by Crippen LogP contribution is -2.30. The third-order valence-corrected chi connectivity index (χ3v) is 7.78. The number of hydrogen-bond acceptors (Lipinski definition) is 2. The van der Waals surface area contributed by atoms with Crippen LogP contribution in [0, 0.1) is 0 Å². The summed E-state index contributed by atoms with van der Waals surface area (Å²) in [5.41, 5.74) is 0. The standard InChI is InChI=1S/C28H22S2/c29-21-13-10-19-8-9-20-11-14-22(17-27(20)26(19)16-21)30-28-7-3-6-24-23-5-2-1-4-18(23)12-15-25(24)28/h3-13,15-17,22,29H,1-2,14H2. The molecule has 2 aliphatic carbocycles. The Morgan fingerprint density at radius 1 is 0.733 bits per heavy atom. The Hall–Kier alpha value is -2.42. The fourth-order valence-electron chi connectivity index (χ4n) is 4.80. The second-order valence-electron chi connectivity index (χ2n) is 8.14. The van der Waals surface area contributed by atoms with Crippen LogP contribution in [0.1, 0.15) is 19.3 Å². The Morgan fingerprint density at radius 2 is 1.57 bits per heavy atom. The van der Waals surface area contributed by atoms with Gasteiger partial charge >= 0.3 is 0 Å². The van der Waals surface area contributed by atoms with Crippen molar-refractivity contribution in [1.82, 2.24) is 0 Å². The van der Waals surface area contributed by atoms with Gasteiger partial charge < -0.3 is 0 Å². The fourth-order valence-corrected chi connectivity index (χ4v) is 6.19. The van der Waals surface area contributed by atoms with Crippen LogP contribution in [0.3, 0.4) is 0 Å². The SMILES string of the molecule is Sc1ccc2ccc3c(c2c1)=CC(Sc1cccc2c4c(ccc12)=CCCC=4)CC=3. The summed E-state index contributed by atoms with van der Waals surface area (Å²) in [5, 5.41) is 11.3. The van der Waals surface area contributed by atoms with Crippen molar-refractivity contribution in [2.45, 2.75) is 34.3 Å². The van der Waals surface area contributed by atoms with Crippen molar-refractivity contribution in [2.75, 3.05) is 0 Å². The van der Waals surface area contributed by atoms with Crippen LogP contribution < -0.4 is 20.9 Å². The monoisotopic (exact) mass is 422 g/mol. The van der Waals surface area contributed by atoms with E-state index in [4.69, 9.17) is 0 Å². The van der Waals surface area contributed by atoms with Crippen molar-refractivity contribution in [1.29, 1.82) is 0 Å². The molecule has 6 rings (SSSR count). The van der Waals surface area contributed by atoms with Crippen LogP contribution in [0.15, 0.2) is 70.5 Å². The first-order valence-corrected chi connectivity index (χ1v) is 11.9. The van der Waals surface area contributed by atoms with Gasteiger partial charge in [0.15, 0.2) is 0 Å². The molecule has 0 bridgehead atoms. The Labute approximate surface area is 185 Å². The first-order chi connectivity index (χ1) is 14.8. The zero-order valence-corrected chi connectivity index (χ0v) is 18.3. The van der Waals surface area contributed by atoms with E-state index in [0.29, 0.717) is 5.25 Å². The minimum atomic E-state index is 0.434. The van der Waals surface area contributed by atoms with Crippen LogP contribution in [0.25, 0.3) is 45.8 Å². The maximum absolute atomic E-state index is 4.58. The highest BCUT2D eigenvalue weighted by Gasteiger charge is 2.13. The van der Waals surface area contributed by atoms with Gasteiger partial charge in [-0.25, -0.2) is 0 Å². The first kappa shape index (κ1) is 18.4. The number of thiol groups is 1. The molecule has 2 aliphatic rings. The molecular weight excluding hydrogens is 400 g/mol. The van der Waals surface area contributed by atoms with Gasteiger partial charge in [-0.2, -0.15) is 0 Å². The van der Waals surface area contributed by atoms with Crippen molar-refractivity contribution < 1.29 is 0 Å². The summed E-state index contributed by atoms with van der Waals surface area (Å²) < 4.78 is 0. The Kier molecular flexibility index (Phi) is 4.51. The molecule has 0 aromatic heterocycles. The predicted octanol–water partition coefficient (Wildman–Crippen LogP) is 4.76. The summed E-state index contributed by atoms with van der Waals surface area (Å²) in [6.45, 7) is 0. The average Bonchev–Trinajstić information content (AvgIpc) is 2.79. The van der Waals surface area contributed by atoms with Crippen LogP contribution in [-0.4, -0.2) is 5.25 Å². The Morgan fingerprint density at radius 3 is 2.53 bits per heavy atom. The molecule has 0 saturated heterocycles. The number of rotatable bonds is 2. The van der Waals surface area contributed by atoms with E-state index in [9.17, 15) is 0 Å². The highest BCUT2D eigenvalue weighted by Crippen LogP contribution is 2.32. The third kappa shape index (κ3) is 3.10. The van der Waals surface area contributed by atoms with Gasteiger partial charge in [0.25, 0.3) is 0 Å². The minimum absolute atomic E-state index is 0.434. The predicted molar refractivity (Wildman–Crippen MR) is 135 cm³/mol. The van der Waals surface area contributed by atoms with Crippen molar-refractivity contribution in [3.8, 4) is 0 Å². The summed E-state index contributed by atoms with van der Waals surface area (Å²) in [6.07, 6.45) is 13.0. The molecule has 0 fully saturated rings. The zero-order valence-electron chi connectivity index (χ0n) is 16.6. The maximum Gasteiger partial charge on any atom is 0.0318 e. The molecule has 0 nitrogen and oxygen atoms in total. The molecule has 4 aromatic rings. The molecular formula is C28H22S2. The van der Waals surface area contributed by atoms with Gasteiger partial charge in [-0.3, -0.25) is 0 Å². The van der Waals surface area contributed by atoms with Crippen molar-refractivity contribution >= 4 is 70.2 Å². The van der Waals surface area contributed by atoms with Crippen molar-refractivity contribution in [2.24, 2.45) is 0 Å². The largest absolute Gasteiger partial charge is 0.143 e. The lowest BCUT2D eigenvalue weighted by molar-refractivity contribution is 1.12. The highest BCUT2D eigenvalue weighted by molar-refractivity contribution is 8.00. The van der Waals surface area contributed by atoms with E-state index in [1.807, 2.05) is 11.8 Å². The molecule has 30 heavy (non-hydrogen) atoms. The minimum Gasteiger partial charge on any atom is -0.143 e. The van der Waals surface area contributed by atoms with Crippen molar-refractivity contribution in [3.05, 3.63) is 81.5 Å². The summed E-state index contributed by atoms with van der Waals surface area (Å²) in [7, 11) is 0.